The molecule has 1 radical (unpaired) electrons. The van der Waals surface area contributed by atoms with Gasteiger partial charge in [0.25, 0.3) is 0 Å². The van der Waals surface area contributed by atoms with Crippen molar-refractivity contribution in [3.05, 3.63) is 24.3 Å². The van der Waals surface area contributed by atoms with Crippen LogP contribution in [-0.2, 0) is 0 Å². The summed E-state index contributed by atoms with van der Waals surface area (Å²) in [6, 6.07) is 0. The van der Waals surface area contributed by atoms with Crippen molar-refractivity contribution >= 4 is 7.28 Å². The Kier molecular flexibility index (Phi) is 2.98. The number of rotatable bonds is 2. The first-order valence-corrected chi connectivity index (χ1v) is 4.40. The number of hydrogen-bond donors (Lipinski definition) is 0. The van der Waals surface area contributed by atoms with E-state index in [2.05, 4.69) is 52.3 Å². The zero-order chi connectivity index (χ0) is 8.27. The van der Waals surface area contributed by atoms with Crippen LogP contribution in [0.1, 0.15) is 13.8 Å². The third kappa shape index (κ3) is 1.98. The zero-order valence-electron chi connectivity index (χ0n) is 7.62. The molecule has 1 aliphatic carbocycles. The van der Waals surface area contributed by atoms with Gasteiger partial charge in [0.05, 0.1) is 0 Å². The predicted octanol–water partition coefficient (Wildman–Crippen LogP) is 2.93. The van der Waals surface area contributed by atoms with E-state index in [9.17, 15) is 0 Å². The second-order valence-corrected chi connectivity index (χ2v) is 3.50. The summed E-state index contributed by atoms with van der Waals surface area (Å²) in [6.45, 7) is 6.71. The Morgan fingerprint density at radius 2 is 1.82 bits per heavy atom. The molecule has 1 rings (SSSR count). The van der Waals surface area contributed by atoms with Crippen molar-refractivity contribution in [3.63, 3.8) is 0 Å². The van der Waals surface area contributed by atoms with Crippen LogP contribution in [0.4, 0.5) is 0 Å². The van der Waals surface area contributed by atoms with Gasteiger partial charge >= 0.3 is 0 Å². The molecule has 0 aliphatic heterocycles. The molecular weight excluding hydrogens is 131 g/mol. The molecule has 0 aromatic heterocycles. The quantitative estimate of drug-likeness (QED) is 0.526. The van der Waals surface area contributed by atoms with E-state index in [1.165, 1.54) is 0 Å². The van der Waals surface area contributed by atoms with Gasteiger partial charge in [-0.15, -0.1) is 0 Å². The van der Waals surface area contributed by atoms with E-state index in [4.69, 9.17) is 0 Å². The van der Waals surface area contributed by atoms with Gasteiger partial charge in [-0.25, -0.2) is 0 Å². The monoisotopic (exact) mass is 147 g/mol. The summed E-state index contributed by atoms with van der Waals surface area (Å²) in [5.41, 5.74) is 0. The molecule has 0 saturated carbocycles. The van der Waals surface area contributed by atoms with Crippen molar-refractivity contribution < 1.29 is 0 Å². The maximum absolute atomic E-state index is 2.31. The Bertz CT molecular complexity index is 168. The molecule has 2 unspecified atom stereocenters. The molecule has 11 heavy (non-hydrogen) atoms. The van der Waals surface area contributed by atoms with Gasteiger partial charge in [-0.1, -0.05) is 45.0 Å². The molecular formula is C10H16B. The van der Waals surface area contributed by atoms with Crippen LogP contribution in [0.2, 0.25) is 12.6 Å². The summed E-state index contributed by atoms with van der Waals surface area (Å²) in [7, 11) is 2.28. The molecule has 0 saturated heterocycles. The summed E-state index contributed by atoms with van der Waals surface area (Å²) < 4.78 is 0. The third-order valence-corrected chi connectivity index (χ3v) is 2.38. The van der Waals surface area contributed by atoms with Gasteiger partial charge in [0.1, 0.15) is 7.28 Å². The van der Waals surface area contributed by atoms with Crippen molar-refractivity contribution in [1.29, 1.82) is 0 Å². The molecule has 0 fully saturated rings. The highest BCUT2D eigenvalue weighted by Gasteiger charge is 2.19. The number of allylic oxidation sites excluding steroid dienone is 4. The molecule has 0 nitrogen and oxygen atoms in total. The normalized spacial score (nSPS) is 29.5. The van der Waals surface area contributed by atoms with Crippen LogP contribution in [0.15, 0.2) is 24.3 Å². The van der Waals surface area contributed by atoms with Crippen LogP contribution in [0, 0.1) is 11.8 Å². The maximum Gasteiger partial charge on any atom is 0.116 e. The van der Waals surface area contributed by atoms with Crippen molar-refractivity contribution in [2.24, 2.45) is 11.8 Å². The molecule has 2 atom stereocenters. The first-order chi connectivity index (χ1) is 5.25. The minimum Gasteiger partial charge on any atom is -0.0914 e. The van der Waals surface area contributed by atoms with Crippen LogP contribution < -0.4 is 0 Å². The highest BCUT2D eigenvalue weighted by molar-refractivity contribution is 6.36. The molecule has 0 aromatic rings. The number of hydrogen-bond acceptors (Lipinski definition) is 0. The minimum atomic E-state index is 0.653. The highest BCUT2D eigenvalue weighted by Crippen LogP contribution is 2.30. The third-order valence-electron chi connectivity index (χ3n) is 2.38. The molecule has 1 heteroatoms. The fraction of sp³-hybridized carbons (Fsp3) is 0.600. The van der Waals surface area contributed by atoms with Crippen LogP contribution in [0.25, 0.3) is 0 Å². The zero-order valence-corrected chi connectivity index (χ0v) is 7.62. The van der Waals surface area contributed by atoms with Gasteiger partial charge in [0.2, 0.25) is 0 Å². The average molecular weight is 147 g/mol. The fourth-order valence-electron chi connectivity index (χ4n) is 1.64. The molecule has 0 amide bonds. The topological polar surface area (TPSA) is 0 Å². The summed E-state index contributed by atoms with van der Waals surface area (Å²) in [6.07, 6.45) is 8.90. The maximum atomic E-state index is 2.31. The van der Waals surface area contributed by atoms with Crippen molar-refractivity contribution in [2.75, 3.05) is 0 Å². The lowest BCUT2D eigenvalue weighted by molar-refractivity contribution is 0.466. The van der Waals surface area contributed by atoms with Gasteiger partial charge in [0, 0.05) is 0 Å². The SMILES string of the molecule is C[B]C1C=CC=CC1C(C)C. The lowest BCUT2D eigenvalue weighted by Crippen LogP contribution is -2.16. The van der Waals surface area contributed by atoms with Gasteiger partial charge < -0.3 is 0 Å². The highest BCUT2D eigenvalue weighted by atomic mass is 14.2. The van der Waals surface area contributed by atoms with E-state index in [1.54, 1.807) is 0 Å². The molecule has 0 N–H and O–H groups in total. The first kappa shape index (κ1) is 8.64. The Labute approximate surface area is 70.6 Å². The second-order valence-electron chi connectivity index (χ2n) is 3.50. The summed E-state index contributed by atoms with van der Waals surface area (Å²) in [4.78, 5) is 0. The van der Waals surface area contributed by atoms with E-state index in [-0.39, 0.29) is 0 Å². The van der Waals surface area contributed by atoms with Gasteiger partial charge in [-0.05, 0) is 17.7 Å². The summed E-state index contributed by atoms with van der Waals surface area (Å²) in [5, 5.41) is 0. The molecule has 0 bridgehead atoms. The van der Waals surface area contributed by atoms with Crippen molar-refractivity contribution in [2.45, 2.75) is 26.5 Å². The first-order valence-electron chi connectivity index (χ1n) is 4.40. The van der Waals surface area contributed by atoms with Crippen LogP contribution in [0.5, 0.6) is 0 Å². The van der Waals surface area contributed by atoms with Gasteiger partial charge in [-0.2, -0.15) is 0 Å². The average Bonchev–Trinajstić information content (AvgIpc) is 2.04. The largest absolute Gasteiger partial charge is 0.116 e. The molecule has 59 valence electrons. The Morgan fingerprint density at radius 1 is 1.18 bits per heavy atom. The standard InChI is InChI=1S/C10H16B/c1-8(2)9-6-4-5-7-10(9)11-3/h4-10H,1-3H3. The minimum absolute atomic E-state index is 0.653. The van der Waals surface area contributed by atoms with Gasteiger partial charge in [0.15, 0.2) is 0 Å². The smallest absolute Gasteiger partial charge is 0.0914 e. The van der Waals surface area contributed by atoms with E-state index < -0.39 is 0 Å². The predicted molar refractivity (Wildman–Crippen MR) is 52.0 cm³/mol. The lowest BCUT2D eigenvalue weighted by Gasteiger charge is -2.25. The molecule has 0 spiro atoms. The van der Waals surface area contributed by atoms with Crippen molar-refractivity contribution in [1.82, 2.24) is 0 Å². The van der Waals surface area contributed by atoms with Crippen molar-refractivity contribution in [3.8, 4) is 0 Å². The van der Waals surface area contributed by atoms with E-state index >= 15 is 0 Å². The summed E-state index contributed by atoms with van der Waals surface area (Å²) >= 11 is 0. The fourth-order valence-corrected chi connectivity index (χ4v) is 1.64. The second kappa shape index (κ2) is 3.80. The molecule has 1 aliphatic rings. The summed E-state index contributed by atoms with van der Waals surface area (Å²) in [5.74, 6) is 2.11. The van der Waals surface area contributed by atoms with E-state index in [0.29, 0.717) is 11.7 Å². The molecule has 0 heterocycles. The Balaban J connectivity index is 2.63. The Hall–Kier alpha value is -0.455. The van der Waals surface area contributed by atoms with Crippen LogP contribution >= 0.6 is 0 Å². The Morgan fingerprint density at radius 3 is 2.27 bits per heavy atom. The van der Waals surface area contributed by atoms with E-state index in [0.717, 1.165) is 5.92 Å². The van der Waals surface area contributed by atoms with Gasteiger partial charge in [-0.3, -0.25) is 0 Å². The lowest BCUT2D eigenvalue weighted by atomic mass is 9.58. The van der Waals surface area contributed by atoms with E-state index in [1.807, 2.05) is 0 Å². The van der Waals surface area contributed by atoms with Crippen LogP contribution in [-0.4, -0.2) is 7.28 Å². The van der Waals surface area contributed by atoms with Crippen LogP contribution in [0.3, 0.4) is 0 Å². The molecule has 0 aromatic carbocycles.